The molecule has 2 aromatic rings. The first-order valence-electron chi connectivity index (χ1n) is 5.97. The van der Waals surface area contributed by atoms with E-state index >= 15 is 0 Å². The third-order valence-corrected chi connectivity index (χ3v) is 4.25. The maximum absolute atomic E-state index is 13.2. The number of hydrogen-bond acceptors (Lipinski definition) is 3. The van der Waals surface area contributed by atoms with Gasteiger partial charge in [-0.05, 0) is 36.7 Å². The van der Waals surface area contributed by atoms with E-state index in [-0.39, 0.29) is 11.9 Å². The zero-order valence-electron chi connectivity index (χ0n) is 10.1. The SMILES string of the molecule is CNC(C1=CCCO1)c1cc2ccc(F)cc2s1. The minimum atomic E-state index is -0.187. The van der Waals surface area contributed by atoms with Gasteiger partial charge in [0.15, 0.2) is 0 Å². The quantitative estimate of drug-likeness (QED) is 0.913. The Balaban J connectivity index is 2.01. The Bertz CT molecular complexity index is 605. The van der Waals surface area contributed by atoms with E-state index in [2.05, 4.69) is 17.5 Å². The number of likely N-dealkylation sites (N-methyl/N-ethyl adjacent to an activating group) is 1. The number of hydrogen-bond donors (Lipinski definition) is 1. The Morgan fingerprint density at radius 1 is 1.39 bits per heavy atom. The van der Waals surface area contributed by atoms with E-state index in [0.29, 0.717) is 0 Å². The second kappa shape index (κ2) is 4.71. The molecule has 0 fully saturated rings. The fraction of sp³-hybridized carbons (Fsp3) is 0.286. The summed E-state index contributed by atoms with van der Waals surface area (Å²) in [6, 6.07) is 7.08. The van der Waals surface area contributed by atoms with Gasteiger partial charge in [-0.3, -0.25) is 0 Å². The third kappa shape index (κ3) is 2.02. The third-order valence-electron chi connectivity index (χ3n) is 3.09. The molecule has 0 radical (unpaired) electrons. The molecule has 0 aliphatic carbocycles. The van der Waals surface area contributed by atoms with Gasteiger partial charge in [-0.1, -0.05) is 6.07 Å². The molecule has 0 saturated heterocycles. The molecule has 0 amide bonds. The van der Waals surface area contributed by atoms with Crippen molar-refractivity contribution in [1.29, 1.82) is 0 Å². The van der Waals surface area contributed by atoms with Gasteiger partial charge in [0.05, 0.1) is 12.6 Å². The normalized spacial score (nSPS) is 16.7. The highest BCUT2D eigenvalue weighted by molar-refractivity contribution is 7.19. The molecule has 4 heteroatoms. The molecule has 1 atom stereocenters. The first kappa shape index (κ1) is 11.7. The topological polar surface area (TPSA) is 21.3 Å². The molecule has 1 unspecified atom stereocenters. The zero-order chi connectivity index (χ0) is 12.5. The summed E-state index contributed by atoms with van der Waals surface area (Å²) in [6.07, 6.45) is 3.08. The lowest BCUT2D eigenvalue weighted by Gasteiger charge is -2.15. The molecular formula is C14H14FNOS. The molecule has 2 heterocycles. The van der Waals surface area contributed by atoms with Crippen LogP contribution in [-0.4, -0.2) is 13.7 Å². The van der Waals surface area contributed by atoms with Gasteiger partial charge in [0, 0.05) is 16.0 Å². The largest absolute Gasteiger partial charge is 0.496 e. The van der Waals surface area contributed by atoms with E-state index in [1.165, 1.54) is 6.07 Å². The standard InChI is InChI=1S/C14H14FNOS/c1-16-14(11-3-2-6-17-11)13-7-9-4-5-10(15)8-12(9)18-13/h3-5,7-8,14,16H,2,6H2,1H3. The average molecular weight is 263 g/mol. The molecule has 1 N–H and O–H groups in total. The van der Waals surface area contributed by atoms with Crippen molar-refractivity contribution in [3.63, 3.8) is 0 Å². The predicted molar refractivity (Wildman–Crippen MR) is 72.2 cm³/mol. The number of nitrogens with one attached hydrogen (secondary N) is 1. The summed E-state index contributed by atoms with van der Waals surface area (Å²) in [6.45, 7) is 0.757. The minimum Gasteiger partial charge on any atom is -0.496 e. The van der Waals surface area contributed by atoms with Crippen LogP contribution in [0.4, 0.5) is 4.39 Å². The van der Waals surface area contributed by atoms with Crippen LogP contribution in [0.15, 0.2) is 36.1 Å². The van der Waals surface area contributed by atoms with Gasteiger partial charge in [-0.15, -0.1) is 11.3 Å². The lowest BCUT2D eigenvalue weighted by molar-refractivity contribution is 0.219. The molecular weight excluding hydrogens is 249 g/mol. The van der Waals surface area contributed by atoms with Crippen LogP contribution in [-0.2, 0) is 4.74 Å². The number of ether oxygens (including phenoxy) is 1. The van der Waals surface area contributed by atoms with E-state index in [1.807, 2.05) is 13.1 Å². The van der Waals surface area contributed by atoms with Gasteiger partial charge in [0.1, 0.15) is 11.6 Å². The van der Waals surface area contributed by atoms with Crippen LogP contribution >= 0.6 is 11.3 Å². The highest BCUT2D eigenvalue weighted by Gasteiger charge is 2.21. The van der Waals surface area contributed by atoms with E-state index in [4.69, 9.17) is 4.74 Å². The Kier molecular flexibility index (Phi) is 3.06. The van der Waals surface area contributed by atoms with Crippen LogP contribution in [0.2, 0.25) is 0 Å². The lowest BCUT2D eigenvalue weighted by atomic mass is 10.1. The van der Waals surface area contributed by atoms with Crippen LogP contribution < -0.4 is 5.32 Å². The van der Waals surface area contributed by atoms with Crippen molar-refractivity contribution < 1.29 is 9.13 Å². The fourth-order valence-electron chi connectivity index (χ4n) is 2.23. The summed E-state index contributed by atoms with van der Waals surface area (Å²) in [5, 5.41) is 4.34. The average Bonchev–Trinajstić information content (AvgIpc) is 2.98. The molecule has 94 valence electrons. The smallest absolute Gasteiger partial charge is 0.124 e. The Hall–Kier alpha value is -1.39. The van der Waals surface area contributed by atoms with Crippen LogP contribution in [0.3, 0.4) is 0 Å². The Labute approximate surface area is 109 Å². The highest BCUT2D eigenvalue weighted by Crippen LogP contribution is 2.35. The number of benzene rings is 1. The maximum atomic E-state index is 13.2. The molecule has 1 aromatic carbocycles. The summed E-state index contributed by atoms with van der Waals surface area (Å²) >= 11 is 1.61. The summed E-state index contributed by atoms with van der Waals surface area (Å²) in [7, 11) is 1.91. The molecule has 1 aliphatic heterocycles. The van der Waals surface area contributed by atoms with Crippen LogP contribution in [0.1, 0.15) is 17.3 Å². The summed E-state index contributed by atoms with van der Waals surface area (Å²) in [5.74, 6) is 0.790. The molecule has 0 bridgehead atoms. The van der Waals surface area contributed by atoms with Crippen molar-refractivity contribution in [3.8, 4) is 0 Å². The Morgan fingerprint density at radius 3 is 3.00 bits per heavy atom. The lowest BCUT2D eigenvalue weighted by Crippen LogP contribution is -2.17. The predicted octanol–water partition coefficient (Wildman–Crippen LogP) is 3.61. The van der Waals surface area contributed by atoms with Gasteiger partial charge in [-0.25, -0.2) is 4.39 Å². The molecule has 3 rings (SSSR count). The number of fused-ring (bicyclic) bond motifs is 1. The van der Waals surface area contributed by atoms with Crippen LogP contribution in [0.25, 0.3) is 10.1 Å². The van der Waals surface area contributed by atoms with E-state index in [1.54, 1.807) is 17.4 Å². The zero-order valence-corrected chi connectivity index (χ0v) is 10.9. The van der Waals surface area contributed by atoms with E-state index in [0.717, 1.165) is 33.8 Å². The van der Waals surface area contributed by atoms with Gasteiger partial charge in [0.25, 0.3) is 0 Å². The molecule has 0 saturated carbocycles. The van der Waals surface area contributed by atoms with Gasteiger partial charge >= 0.3 is 0 Å². The number of rotatable bonds is 3. The van der Waals surface area contributed by atoms with Crippen molar-refractivity contribution in [2.24, 2.45) is 0 Å². The van der Waals surface area contributed by atoms with Crippen molar-refractivity contribution in [1.82, 2.24) is 5.32 Å². The molecule has 1 aromatic heterocycles. The van der Waals surface area contributed by atoms with E-state index in [9.17, 15) is 4.39 Å². The second-order valence-electron chi connectivity index (χ2n) is 4.30. The molecule has 2 nitrogen and oxygen atoms in total. The van der Waals surface area contributed by atoms with Gasteiger partial charge < -0.3 is 10.1 Å². The fourth-order valence-corrected chi connectivity index (χ4v) is 3.44. The number of thiophene rings is 1. The van der Waals surface area contributed by atoms with Gasteiger partial charge in [0.2, 0.25) is 0 Å². The van der Waals surface area contributed by atoms with Crippen molar-refractivity contribution in [3.05, 3.63) is 46.8 Å². The van der Waals surface area contributed by atoms with Crippen LogP contribution in [0, 0.1) is 5.82 Å². The summed E-state index contributed by atoms with van der Waals surface area (Å²) in [4.78, 5) is 1.16. The van der Waals surface area contributed by atoms with E-state index < -0.39 is 0 Å². The van der Waals surface area contributed by atoms with Crippen molar-refractivity contribution >= 4 is 21.4 Å². The maximum Gasteiger partial charge on any atom is 0.124 e. The summed E-state index contributed by atoms with van der Waals surface area (Å²) < 4.78 is 19.8. The monoisotopic (exact) mass is 263 g/mol. The minimum absolute atomic E-state index is 0.0768. The first-order valence-corrected chi connectivity index (χ1v) is 6.78. The summed E-state index contributed by atoms with van der Waals surface area (Å²) in [5.41, 5.74) is 0. The molecule has 0 spiro atoms. The van der Waals surface area contributed by atoms with Crippen LogP contribution in [0.5, 0.6) is 0 Å². The van der Waals surface area contributed by atoms with Gasteiger partial charge in [-0.2, -0.15) is 0 Å². The molecule has 18 heavy (non-hydrogen) atoms. The van der Waals surface area contributed by atoms with Crippen molar-refractivity contribution in [2.75, 3.05) is 13.7 Å². The highest BCUT2D eigenvalue weighted by atomic mass is 32.1. The Morgan fingerprint density at radius 2 is 2.28 bits per heavy atom. The molecule has 1 aliphatic rings. The second-order valence-corrected chi connectivity index (χ2v) is 5.41. The number of halogens is 1. The van der Waals surface area contributed by atoms with Crippen molar-refractivity contribution in [2.45, 2.75) is 12.5 Å². The first-order chi connectivity index (χ1) is 8.78.